The van der Waals surface area contributed by atoms with Crippen LogP contribution in [0.2, 0.25) is 0 Å². The average Bonchev–Trinajstić information content (AvgIpc) is 2.39. The smallest absolute Gasteiger partial charge is 0.255 e. The Morgan fingerprint density at radius 1 is 1.14 bits per heavy atom. The van der Waals surface area contributed by atoms with Crippen LogP contribution in [-0.4, -0.2) is 20.6 Å². The number of carbonyl (C=O) groups excluding carboxylic acids is 1. The van der Waals surface area contributed by atoms with Gasteiger partial charge in [0.2, 0.25) is 0 Å². The van der Waals surface area contributed by atoms with Gasteiger partial charge in [0.25, 0.3) is 5.91 Å². The van der Waals surface area contributed by atoms with Gasteiger partial charge in [0, 0.05) is 27.7 Å². The minimum atomic E-state index is -3.43. The summed E-state index contributed by atoms with van der Waals surface area (Å²) in [5.41, 5.74) is 6.67. The predicted octanol–water partition coefficient (Wildman–Crippen LogP) is 2.69. The summed E-state index contributed by atoms with van der Waals surface area (Å²) in [6.45, 7) is 0. The molecule has 0 bridgehead atoms. The maximum Gasteiger partial charge on any atom is 0.255 e. The highest BCUT2D eigenvalue weighted by Crippen LogP contribution is 2.19. The number of halogens is 1. The maximum atomic E-state index is 12.2. The largest absolute Gasteiger partial charge is 0.399 e. The normalized spacial score (nSPS) is 11.1. The molecule has 0 saturated heterocycles. The summed E-state index contributed by atoms with van der Waals surface area (Å²) in [5, 5.41) is 2.68. The van der Waals surface area contributed by atoms with Gasteiger partial charge in [-0.2, -0.15) is 0 Å². The van der Waals surface area contributed by atoms with Gasteiger partial charge >= 0.3 is 0 Å². The SMILES string of the molecule is CS(=O)(=O)c1cc(N)cc(C(=O)Nc2ccc(Br)cc2)c1. The topological polar surface area (TPSA) is 89.3 Å². The number of nitrogens with two attached hydrogens (primary N) is 1. The molecule has 110 valence electrons. The lowest BCUT2D eigenvalue weighted by Crippen LogP contribution is -2.13. The Labute approximate surface area is 131 Å². The van der Waals surface area contributed by atoms with Crippen LogP contribution in [0.15, 0.2) is 51.8 Å². The maximum absolute atomic E-state index is 12.2. The van der Waals surface area contributed by atoms with Crippen LogP contribution in [0, 0.1) is 0 Å². The fourth-order valence-corrected chi connectivity index (χ4v) is 2.66. The van der Waals surface area contributed by atoms with Crippen LogP contribution < -0.4 is 11.1 Å². The molecule has 5 nitrogen and oxygen atoms in total. The first-order chi connectivity index (χ1) is 9.75. The first kappa shape index (κ1) is 15.5. The fourth-order valence-electron chi connectivity index (χ4n) is 1.70. The minimum absolute atomic E-state index is 0.0171. The Morgan fingerprint density at radius 3 is 2.33 bits per heavy atom. The summed E-state index contributed by atoms with van der Waals surface area (Å²) in [7, 11) is -3.43. The zero-order chi connectivity index (χ0) is 15.6. The summed E-state index contributed by atoms with van der Waals surface area (Å²) >= 11 is 3.30. The van der Waals surface area contributed by atoms with Crippen LogP contribution in [0.5, 0.6) is 0 Å². The molecule has 0 heterocycles. The van der Waals surface area contributed by atoms with Gasteiger partial charge in [0.15, 0.2) is 9.84 Å². The summed E-state index contributed by atoms with van der Waals surface area (Å²) in [6, 6.07) is 11.1. The van der Waals surface area contributed by atoms with Gasteiger partial charge in [-0.3, -0.25) is 4.79 Å². The Balaban J connectivity index is 2.31. The fraction of sp³-hybridized carbons (Fsp3) is 0.0714. The molecule has 3 N–H and O–H groups in total. The molecule has 0 aliphatic heterocycles. The third-order valence-electron chi connectivity index (χ3n) is 2.72. The lowest BCUT2D eigenvalue weighted by molar-refractivity contribution is 0.102. The number of sulfone groups is 1. The number of anilines is 2. The van der Waals surface area contributed by atoms with Crippen LogP contribution in [0.3, 0.4) is 0 Å². The van der Waals surface area contributed by atoms with E-state index in [-0.39, 0.29) is 16.1 Å². The lowest BCUT2D eigenvalue weighted by atomic mass is 10.2. The molecule has 0 radical (unpaired) electrons. The van der Waals surface area contributed by atoms with Crippen molar-refractivity contribution < 1.29 is 13.2 Å². The highest BCUT2D eigenvalue weighted by Gasteiger charge is 2.13. The van der Waals surface area contributed by atoms with E-state index in [4.69, 9.17) is 5.73 Å². The second-order valence-electron chi connectivity index (χ2n) is 4.52. The molecule has 0 fully saturated rings. The van der Waals surface area contributed by atoms with Gasteiger partial charge in [0.05, 0.1) is 4.90 Å². The van der Waals surface area contributed by atoms with Gasteiger partial charge in [-0.25, -0.2) is 8.42 Å². The van der Waals surface area contributed by atoms with Crippen molar-refractivity contribution in [3.05, 3.63) is 52.5 Å². The van der Waals surface area contributed by atoms with E-state index in [2.05, 4.69) is 21.2 Å². The molecule has 1 amide bonds. The standard InChI is InChI=1S/C14H13BrN2O3S/c1-21(19,20)13-7-9(6-11(16)8-13)14(18)17-12-4-2-10(15)3-5-12/h2-8H,16H2,1H3,(H,17,18). The van der Waals surface area contributed by atoms with Gasteiger partial charge in [-0.05, 0) is 42.5 Å². The molecule has 0 spiro atoms. The molecule has 2 rings (SSSR count). The number of amides is 1. The molecule has 2 aromatic carbocycles. The molecule has 0 unspecified atom stereocenters. The number of nitrogens with one attached hydrogen (secondary N) is 1. The van der Waals surface area contributed by atoms with E-state index in [9.17, 15) is 13.2 Å². The molecular formula is C14H13BrN2O3S. The molecule has 7 heteroatoms. The summed E-state index contributed by atoms with van der Waals surface area (Å²) in [5.74, 6) is -0.422. The van der Waals surface area contributed by atoms with E-state index < -0.39 is 15.7 Å². The van der Waals surface area contributed by atoms with Crippen LogP contribution in [0.4, 0.5) is 11.4 Å². The monoisotopic (exact) mass is 368 g/mol. The second-order valence-corrected chi connectivity index (χ2v) is 7.46. The Morgan fingerprint density at radius 2 is 1.76 bits per heavy atom. The van der Waals surface area contributed by atoms with E-state index in [1.165, 1.54) is 18.2 Å². The zero-order valence-corrected chi connectivity index (χ0v) is 13.5. The van der Waals surface area contributed by atoms with Crippen molar-refractivity contribution in [3.63, 3.8) is 0 Å². The van der Waals surface area contributed by atoms with Gasteiger partial charge in [-0.1, -0.05) is 15.9 Å². The van der Waals surface area contributed by atoms with Crippen molar-refractivity contribution in [1.82, 2.24) is 0 Å². The minimum Gasteiger partial charge on any atom is -0.399 e. The van der Waals surface area contributed by atoms with E-state index >= 15 is 0 Å². The van der Waals surface area contributed by atoms with Crippen molar-refractivity contribution in [2.24, 2.45) is 0 Å². The Hall–Kier alpha value is -1.86. The quantitative estimate of drug-likeness (QED) is 0.815. The van der Waals surface area contributed by atoms with Crippen molar-refractivity contribution in [2.75, 3.05) is 17.3 Å². The van der Waals surface area contributed by atoms with E-state index in [1.54, 1.807) is 24.3 Å². The Kier molecular flexibility index (Phi) is 4.34. The first-order valence-corrected chi connectivity index (χ1v) is 8.62. The highest BCUT2D eigenvalue weighted by atomic mass is 79.9. The predicted molar refractivity (Wildman–Crippen MR) is 86.1 cm³/mol. The van der Waals surface area contributed by atoms with Crippen molar-refractivity contribution in [1.29, 1.82) is 0 Å². The van der Waals surface area contributed by atoms with Crippen LogP contribution in [-0.2, 0) is 9.84 Å². The highest BCUT2D eigenvalue weighted by molar-refractivity contribution is 9.10. The molecule has 0 aromatic heterocycles. The first-order valence-electron chi connectivity index (χ1n) is 5.93. The summed E-state index contributed by atoms with van der Waals surface area (Å²) in [4.78, 5) is 12.2. The average molecular weight is 369 g/mol. The number of carbonyl (C=O) groups is 1. The molecule has 0 aliphatic rings. The van der Waals surface area contributed by atoms with Crippen molar-refractivity contribution in [3.8, 4) is 0 Å². The summed E-state index contributed by atoms with van der Waals surface area (Å²) < 4.78 is 24.0. The van der Waals surface area contributed by atoms with Crippen LogP contribution in [0.1, 0.15) is 10.4 Å². The Bertz CT molecular complexity index is 786. The molecule has 0 aliphatic carbocycles. The van der Waals surface area contributed by atoms with Crippen LogP contribution in [0.25, 0.3) is 0 Å². The number of nitrogen functional groups attached to an aromatic ring is 1. The van der Waals surface area contributed by atoms with Gasteiger partial charge < -0.3 is 11.1 Å². The van der Waals surface area contributed by atoms with Crippen LogP contribution >= 0.6 is 15.9 Å². The third kappa shape index (κ3) is 4.05. The third-order valence-corrected chi connectivity index (χ3v) is 4.34. The van der Waals surface area contributed by atoms with Gasteiger partial charge in [0.1, 0.15) is 0 Å². The van der Waals surface area contributed by atoms with E-state index in [0.717, 1.165) is 10.7 Å². The van der Waals surface area contributed by atoms with Crippen molar-refractivity contribution >= 4 is 43.0 Å². The number of hydrogen-bond donors (Lipinski definition) is 2. The number of rotatable bonds is 3. The lowest BCUT2D eigenvalue weighted by Gasteiger charge is -2.08. The number of hydrogen-bond acceptors (Lipinski definition) is 4. The van der Waals surface area contributed by atoms with E-state index in [1.807, 2.05) is 0 Å². The second kappa shape index (κ2) is 5.87. The molecule has 0 atom stereocenters. The molecule has 21 heavy (non-hydrogen) atoms. The zero-order valence-electron chi connectivity index (χ0n) is 11.1. The molecule has 2 aromatic rings. The number of benzene rings is 2. The molecular weight excluding hydrogens is 356 g/mol. The van der Waals surface area contributed by atoms with Crippen molar-refractivity contribution in [2.45, 2.75) is 4.90 Å². The summed E-state index contributed by atoms with van der Waals surface area (Å²) in [6.07, 6.45) is 1.07. The molecule has 0 saturated carbocycles. The van der Waals surface area contributed by atoms with E-state index in [0.29, 0.717) is 5.69 Å². The van der Waals surface area contributed by atoms with Gasteiger partial charge in [-0.15, -0.1) is 0 Å².